The third-order valence-electron chi connectivity index (χ3n) is 5.84. The Bertz CT molecular complexity index is 874. The number of aromatic carboxylic acids is 1. The van der Waals surface area contributed by atoms with E-state index in [-0.39, 0.29) is 22.2 Å². The van der Waals surface area contributed by atoms with Crippen molar-refractivity contribution in [3.8, 4) is 17.1 Å². The molecule has 4 rings (SSSR count). The molecule has 0 radical (unpaired) electrons. The predicted molar refractivity (Wildman–Crippen MR) is 106 cm³/mol. The highest BCUT2D eigenvalue weighted by Crippen LogP contribution is 2.47. The second-order valence-corrected chi connectivity index (χ2v) is 9.07. The molecule has 2 saturated heterocycles. The Morgan fingerprint density at radius 3 is 2.29 bits per heavy atom. The molecule has 2 fully saturated rings. The number of piperidine rings is 2. The van der Waals surface area contributed by atoms with Crippen molar-refractivity contribution >= 4 is 11.8 Å². The third kappa shape index (κ3) is 3.24. The van der Waals surface area contributed by atoms with Crippen molar-refractivity contribution in [3.05, 3.63) is 29.8 Å². The molecule has 0 saturated carbocycles. The van der Waals surface area contributed by atoms with E-state index in [0.29, 0.717) is 17.1 Å². The van der Waals surface area contributed by atoms with Gasteiger partial charge in [0.2, 0.25) is 0 Å². The van der Waals surface area contributed by atoms with Crippen molar-refractivity contribution in [2.45, 2.75) is 20.3 Å². The predicted octanol–water partition coefficient (Wildman–Crippen LogP) is 3.22. The number of carbonyl (C=O) groups is 1. The standard InChI is InChI=1S/C21H27N3O4/c1-20-9-21(2,11-23(3)10-20)13-24(12-20)18-16(19(25)26)17(28-22-18)14-5-7-15(27-4)8-6-14/h5-8H,9-13H2,1-4H3,(H,25,26). The Kier molecular flexibility index (Phi) is 4.38. The highest BCUT2D eigenvalue weighted by molar-refractivity contribution is 5.99. The van der Waals surface area contributed by atoms with Gasteiger partial charge in [-0.3, -0.25) is 0 Å². The molecule has 2 unspecified atom stereocenters. The maximum atomic E-state index is 12.1. The van der Waals surface area contributed by atoms with Crippen LogP contribution in [0.15, 0.2) is 28.8 Å². The Morgan fingerprint density at radius 2 is 1.75 bits per heavy atom. The molecule has 7 nitrogen and oxygen atoms in total. The van der Waals surface area contributed by atoms with Gasteiger partial charge in [-0.25, -0.2) is 4.79 Å². The lowest BCUT2D eigenvalue weighted by Crippen LogP contribution is -2.61. The summed E-state index contributed by atoms with van der Waals surface area (Å²) in [5.41, 5.74) is 0.987. The number of fused-ring (bicyclic) bond motifs is 2. The number of rotatable bonds is 4. The van der Waals surface area contributed by atoms with Gasteiger partial charge in [0.1, 0.15) is 5.75 Å². The summed E-state index contributed by atoms with van der Waals surface area (Å²) < 4.78 is 10.7. The van der Waals surface area contributed by atoms with Crippen molar-refractivity contribution in [2.24, 2.45) is 10.8 Å². The monoisotopic (exact) mass is 385 g/mol. The summed E-state index contributed by atoms with van der Waals surface area (Å²) in [7, 11) is 3.75. The van der Waals surface area contributed by atoms with E-state index >= 15 is 0 Å². The van der Waals surface area contributed by atoms with Crippen LogP contribution in [0.3, 0.4) is 0 Å². The smallest absolute Gasteiger partial charge is 0.343 e. The van der Waals surface area contributed by atoms with Crippen LogP contribution < -0.4 is 9.64 Å². The minimum absolute atomic E-state index is 0.0923. The highest BCUT2D eigenvalue weighted by Gasteiger charge is 2.48. The van der Waals surface area contributed by atoms with Crippen LogP contribution >= 0.6 is 0 Å². The molecular weight excluding hydrogens is 358 g/mol. The number of hydrogen-bond donors (Lipinski definition) is 1. The third-order valence-corrected chi connectivity index (χ3v) is 5.84. The quantitative estimate of drug-likeness (QED) is 0.866. The first kappa shape index (κ1) is 18.8. The number of ether oxygens (including phenoxy) is 1. The van der Waals surface area contributed by atoms with Crippen molar-refractivity contribution in [1.82, 2.24) is 10.1 Å². The molecule has 7 heteroatoms. The summed E-state index contributed by atoms with van der Waals surface area (Å²) >= 11 is 0. The number of anilines is 1. The molecule has 3 heterocycles. The molecule has 150 valence electrons. The number of carboxylic acids is 1. The number of benzene rings is 1. The van der Waals surface area contributed by atoms with E-state index in [1.54, 1.807) is 31.4 Å². The summed E-state index contributed by atoms with van der Waals surface area (Å²) in [4.78, 5) is 16.6. The Morgan fingerprint density at radius 1 is 1.14 bits per heavy atom. The number of aromatic nitrogens is 1. The molecule has 1 aromatic heterocycles. The summed E-state index contributed by atoms with van der Waals surface area (Å²) in [6.45, 7) is 8.06. The molecule has 0 aliphatic carbocycles. The van der Waals surface area contributed by atoms with Gasteiger partial charge in [0.15, 0.2) is 17.1 Å². The van der Waals surface area contributed by atoms with Gasteiger partial charge in [-0.15, -0.1) is 0 Å². The van der Waals surface area contributed by atoms with Gasteiger partial charge in [0.05, 0.1) is 7.11 Å². The van der Waals surface area contributed by atoms with Crippen LogP contribution in [0.1, 0.15) is 30.6 Å². The van der Waals surface area contributed by atoms with Crippen LogP contribution in [-0.2, 0) is 0 Å². The van der Waals surface area contributed by atoms with E-state index in [1.165, 1.54) is 0 Å². The molecule has 1 aromatic carbocycles. The van der Waals surface area contributed by atoms with Crippen molar-refractivity contribution < 1.29 is 19.2 Å². The maximum Gasteiger partial charge on any atom is 0.343 e. The lowest BCUT2D eigenvalue weighted by molar-refractivity contribution is 0.00478. The maximum absolute atomic E-state index is 12.1. The minimum Gasteiger partial charge on any atom is -0.497 e. The normalized spacial score (nSPS) is 27.6. The molecular formula is C21H27N3O4. The second-order valence-electron chi connectivity index (χ2n) is 9.07. The van der Waals surface area contributed by atoms with Gasteiger partial charge in [-0.1, -0.05) is 19.0 Å². The Balaban J connectivity index is 1.72. The van der Waals surface area contributed by atoms with Crippen LogP contribution in [-0.4, -0.2) is 61.5 Å². The van der Waals surface area contributed by atoms with Crippen LogP contribution in [0.5, 0.6) is 5.75 Å². The summed E-state index contributed by atoms with van der Waals surface area (Å²) in [5.74, 6) is 0.396. The van der Waals surface area contributed by atoms with Gasteiger partial charge in [-0.05, 0) is 48.6 Å². The van der Waals surface area contributed by atoms with Gasteiger partial charge in [0.25, 0.3) is 0 Å². The highest BCUT2D eigenvalue weighted by atomic mass is 16.5. The largest absolute Gasteiger partial charge is 0.497 e. The van der Waals surface area contributed by atoms with Gasteiger partial charge >= 0.3 is 5.97 Å². The first-order chi connectivity index (χ1) is 13.2. The zero-order valence-corrected chi connectivity index (χ0v) is 16.9. The molecule has 2 aliphatic heterocycles. The lowest BCUT2D eigenvalue weighted by atomic mass is 9.65. The molecule has 2 aliphatic rings. The van der Waals surface area contributed by atoms with Crippen LogP contribution in [0.25, 0.3) is 11.3 Å². The molecule has 2 bridgehead atoms. The number of methoxy groups -OCH3 is 1. The van der Waals surface area contributed by atoms with E-state index in [4.69, 9.17) is 9.26 Å². The van der Waals surface area contributed by atoms with Gasteiger partial charge in [-0.2, -0.15) is 0 Å². The van der Waals surface area contributed by atoms with Crippen molar-refractivity contribution in [3.63, 3.8) is 0 Å². The fourth-order valence-electron chi connectivity index (χ4n) is 5.47. The van der Waals surface area contributed by atoms with E-state index in [0.717, 1.165) is 32.6 Å². The zero-order valence-electron chi connectivity index (χ0n) is 16.9. The van der Waals surface area contributed by atoms with Crippen LogP contribution in [0.2, 0.25) is 0 Å². The Labute approximate surface area is 164 Å². The summed E-state index contributed by atoms with van der Waals surface area (Å²) in [5, 5.41) is 14.2. The first-order valence-electron chi connectivity index (χ1n) is 9.53. The molecule has 2 atom stereocenters. The number of hydrogen-bond acceptors (Lipinski definition) is 6. The molecule has 1 N–H and O–H groups in total. The van der Waals surface area contributed by atoms with Crippen LogP contribution in [0.4, 0.5) is 5.82 Å². The number of likely N-dealkylation sites (tertiary alicyclic amines) is 1. The SMILES string of the molecule is COc1ccc(-c2onc(N3CC4(C)CN(C)CC(C)(C3)C4)c2C(=O)O)cc1. The molecule has 2 aromatic rings. The van der Waals surface area contributed by atoms with Crippen LogP contribution in [0, 0.1) is 10.8 Å². The number of carboxylic acid groups (broad SMARTS) is 1. The van der Waals surface area contributed by atoms with E-state index in [2.05, 4.69) is 35.9 Å². The fourth-order valence-corrected chi connectivity index (χ4v) is 5.47. The second kappa shape index (κ2) is 6.51. The van der Waals surface area contributed by atoms with E-state index in [9.17, 15) is 9.90 Å². The Hall–Kier alpha value is -2.54. The number of nitrogens with zero attached hydrogens (tertiary/aromatic N) is 3. The topological polar surface area (TPSA) is 79.0 Å². The van der Waals surface area contributed by atoms with E-state index < -0.39 is 5.97 Å². The molecule has 0 amide bonds. The zero-order chi connectivity index (χ0) is 20.1. The van der Waals surface area contributed by atoms with Gasteiger partial charge in [0, 0.05) is 31.7 Å². The molecule has 0 spiro atoms. The average Bonchev–Trinajstić information content (AvgIpc) is 3.04. The average molecular weight is 385 g/mol. The van der Waals surface area contributed by atoms with Crippen molar-refractivity contribution in [1.29, 1.82) is 0 Å². The first-order valence-corrected chi connectivity index (χ1v) is 9.53. The fraction of sp³-hybridized carbons (Fsp3) is 0.524. The summed E-state index contributed by atoms with van der Waals surface area (Å²) in [6.07, 6.45) is 1.13. The van der Waals surface area contributed by atoms with E-state index in [1.807, 2.05) is 0 Å². The van der Waals surface area contributed by atoms with Crippen molar-refractivity contribution in [2.75, 3.05) is 45.2 Å². The van der Waals surface area contributed by atoms with Gasteiger partial charge < -0.3 is 24.2 Å². The lowest BCUT2D eigenvalue weighted by Gasteiger charge is -2.56. The minimum atomic E-state index is -1.02. The molecule has 28 heavy (non-hydrogen) atoms. The summed E-state index contributed by atoms with van der Waals surface area (Å²) in [6, 6.07) is 7.15.